The van der Waals surface area contributed by atoms with Crippen LogP contribution in [0, 0.1) is 11.3 Å². The van der Waals surface area contributed by atoms with E-state index in [2.05, 4.69) is 28.5 Å². The standard InChI is InChI=1S/C19H15N3O/c20-12-13-6-7-16-14(10-13)11-17(21-16)18(23)22-19(8-9-19)15-4-2-1-3-5-15/h1-7,10-11,21H,8-9H2,(H,22,23). The zero-order valence-corrected chi connectivity index (χ0v) is 12.5. The molecular weight excluding hydrogens is 286 g/mol. The van der Waals surface area contributed by atoms with Gasteiger partial charge >= 0.3 is 0 Å². The molecule has 1 heterocycles. The monoisotopic (exact) mass is 301 g/mol. The topological polar surface area (TPSA) is 68.7 Å². The molecule has 1 saturated carbocycles. The maximum absolute atomic E-state index is 12.6. The Labute approximate surface area is 133 Å². The number of rotatable bonds is 3. The van der Waals surface area contributed by atoms with Crippen LogP contribution in [0.2, 0.25) is 0 Å². The smallest absolute Gasteiger partial charge is 0.268 e. The second kappa shape index (κ2) is 4.99. The molecule has 0 saturated heterocycles. The van der Waals surface area contributed by atoms with Crippen LogP contribution < -0.4 is 5.32 Å². The predicted molar refractivity (Wildman–Crippen MR) is 87.8 cm³/mol. The Morgan fingerprint density at radius 1 is 1.13 bits per heavy atom. The van der Waals surface area contributed by atoms with Crippen molar-refractivity contribution in [3.05, 3.63) is 71.4 Å². The minimum Gasteiger partial charge on any atom is -0.351 e. The van der Waals surface area contributed by atoms with E-state index in [0.717, 1.165) is 29.3 Å². The number of nitriles is 1. The summed E-state index contributed by atoms with van der Waals surface area (Å²) in [5.74, 6) is -0.110. The summed E-state index contributed by atoms with van der Waals surface area (Å²) in [6.07, 6.45) is 1.92. The van der Waals surface area contributed by atoms with Gasteiger partial charge in [0.25, 0.3) is 5.91 Å². The lowest BCUT2D eigenvalue weighted by atomic mass is 10.0. The van der Waals surface area contributed by atoms with Crippen molar-refractivity contribution in [3.8, 4) is 6.07 Å². The van der Waals surface area contributed by atoms with Gasteiger partial charge in [-0.25, -0.2) is 0 Å². The summed E-state index contributed by atoms with van der Waals surface area (Å²) in [4.78, 5) is 15.7. The Balaban J connectivity index is 1.61. The molecule has 0 aliphatic heterocycles. The number of amides is 1. The Hall–Kier alpha value is -3.06. The van der Waals surface area contributed by atoms with E-state index in [9.17, 15) is 4.79 Å². The van der Waals surface area contributed by atoms with Gasteiger partial charge in [-0.3, -0.25) is 4.79 Å². The maximum Gasteiger partial charge on any atom is 0.268 e. The molecule has 23 heavy (non-hydrogen) atoms. The molecule has 1 aromatic heterocycles. The summed E-state index contributed by atoms with van der Waals surface area (Å²) in [6.45, 7) is 0. The molecule has 0 unspecified atom stereocenters. The first-order chi connectivity index (χ1) is 11.2. The van der Waals surface area contributed by atoms with E-state index in [0.29, 0.717) is 11.3 Å². The third-order valence-corrected chi connectivity index (χ3v) is 4.42. The van der Waals surface area contributed by atoms with Gasteiger partial charge in [-0.05, 0) is 42.7 Å². The fourth-order valence-electron chi connectivity index (χ4n) is 2.98. The second-order valence-electron chi connectivity index (χ2n) is 6.00. The summed E-state index contributed by atoms with van der Waals surface area (Å²) < 4.78 is 0. The van der Waals surface area contributed by atoms with Crippen molar-refractivity contribution in [2.75, 3.05) is 0 Å². The molecule has 0 spiro atoms. The number of H-pyrrole nitrogens is 1. The summed E-state index contributed by atoms with van der Waals surface area (Å²) in [7, 11) is 0. The number of hydrogen-bond acceptors (Lipinski definition) is 2. The summed E-state index contributed by atoms with van der Waals surface area (Å²) in [5.41, 5.74) is 2.90. The number of hydrogen-bond donors (Lipinski definition) is 2. The molecule has 0 atom stereocenters. The molecule has 0 bridgehead atoms. The van der Waals surface area contributed by atoms with Crippen LogP contribution in [0.15, 0.2) is 54.6 Å². The first kappa shape index (κ1) is 13.6. The minimum absolute atomic E-state index is 0.110. The normalized spacial score (nSPS) is 15.1. The third-order valence-electron chi connectivity index (χ3n) is 4.42. The van der Waals surface area contributed by atoms with E-state index in [1.807, 2.05) is 24.3 Å². The molecule has 4 heteroatoms. The highest BCUT2D eigenvalue weighted by Crippen LogP contribution is 2.45. The summed E-state index contributed by atoms with van der Waals surface area (Å²) >= 11 is 0. The Morgan fingerprint density at radius 3 is 2.61 bits per heavy atom. The van der Waals surface area contributed by atoms with E-state index in [1.54, 1.807) is 18.2 Å². The lowest BCUT2D eigenvalue weighted by molar-refractivity contribution is 0.0926. The molecule has 2 aromatic carbocycles. The van der Waals surface area contributed by atoms with Crippen LogP contribution in [0.1, 0.15) is 34.5 Å². The first-order valence-electron chi connectivity index (χ1n) is 7.61. The Morgan fingerprint density at radius 2 is 1.91 bits per heavy atom. The first-order valence-corrected chi connectivity index (χ1v) is 7.61. The summed E-state index contributed by atoms with van der Waals surface area (Å²) in [6, 6.07) is 19.3. The van der Waals surface area contributed by atoms with Crippen molar-refractivity contribution in [2.45, 2.75) is 18.4 Å². The van der Waals surface area contributed by atoms with Gasteiger partial charge in [0, 0.05) is 10.9 Å². The average molecular weight is 301 g/mol. The van der Waals surface area contributed by atoms with Gasteiger partial charge in [0.15, 0.2) is 0 Å². The lowest BCUT2D eigenvalue weighted by Crippen LogP contribution is -2.34. The van der Waals surface area contributed by atoms with Crippen LogP contribution >= 0.6 is 0 Å². The van der Waals surface area contributed by atoms with Crippen molar-refractivity contribution in [1.29, 1.82) is 5.26 Å². The quantitative estimate of drug-likeness (QED) is 0.778. The van der Waals surface area contributed by atoms with Crippen molar-refractivity contribution in [3.63, 3.8) is 0 Å². The highest BCUT2D eigenvalue weighted by atomic mass is 16.2. The van der Waals surface area contributed by atoms with Crippen molar-refractivity contribution < 1.29 is 4.79 Å². The van der Waals surface area contributed by atoms with Crippen LogP contribution in [0.4, 0.5) is 0 Å². The zero-order valence-electron chi connectivity index (χ0n) is 12.5. The number of aromatic amines is 1. The van der Waals surface area contributed by atoms with Crippen molar-refractivity contribution in [1.82, 2.24) is 10.3 Å². The van der Waals surface area contributed by atoms with Crippen LogP contribution in [-0.2, 0) is 5.54 Å². The number of carbonyl (C=O) groups excluding carboxylic acids is 1. The SMILES string of the molecule is N#Cc1ccc2[nH]c(C(=O)NC3(c4ccccc4)CC3)cc2c1. The van der Waals surface area contributed by atoms with Gasteiger partial charge in [-0.1, -0.05) is 30.3 Å². The molecule has 1 aliphatic rings. The van der Waals surface area contributed by atoms with Crippen LogP contribution in [-0.4, -0.2) is 10.9 Å². The van der Waals surface area contributed by atoms with Gasteiger partial charge in [0.2, 0.25) is 0 Å². The molecule has 112 valence electrons. The minimum atomic E-state index is -0.229. The lowest BCUT2D eigenvalue weighted by Gasteiger charge is -2.17. The molecule has 4 rings (SSSR count). The fourth-order valence-corrected chi connectivity index (χ4v) is 2.98. The molecular formula is C19H15N3O. The average Bonchev–Trinajstić information content (AvgIpc) is 3.24. The van der Waals surface area contributed by atoms with Crippen molar-refractivity contribution in [2.24, 2.45) is 0 Å². The zero-order chi connectivity index (χ0) is 15.9. The van der Waals surface area contributed by atoms with E-state index in [-0.39, 0.29) is 11.4 Å². The predicted octanol–water partition coefficient (Wildman–Crippen LogP) is 3.46. The molecule has 0 radical (unpaired) electrons. The van der Waals surface area contributed by atoms with Gasteiger partial charge < -0.3 is 10.3 Å². The number of nitrogens with one attached hydrogen (secondary N) is 2. The molecule has 1 aliphatic carbocycles. The highest BCUT2D eigenvalue weighted by Gasteiger charge is 2.45. The van der Waals surface area contributed by atoms with E-state index >= 15 is 0 Å². The van der Waals surface area contributed by atoms with Gasteiger partial charge in [0.05, 0.1) is 17.2 Å². The number of benzene rings is 2. The fraction of sp³-hybridized carbons (Fsp3) is 0.158. The van der Waals surface area contributed by atoms with Gasteiger partial charge in [0.1, 0.15) is 5.69 Å². The van der Waals surface area contributed by atoms with E-state index in [4.69, 9.17) is 5.26 Å². The van der Waals surface area contributed by atoms with Crippen molar-refractivity contribution >= 4 is 16.8 Å². The largest absolute Gasteiger partial charge is 0.351 e. The van der Waals surface area contributed by atoms with Gasteiger partial charge in [-0.15, -0.1) is 0 Å². The van der Waals surface area contributed by atoms with E-state index < -0.39 is 0 Å². The number of carbonyl (C=O) groups is 1. The van der Waals surface area contributed by atoms with Crippen LogP contribution in [0.25, 0.3) is 10.9 Å². The summed E-state index contributed by atoms with van der Waals surface area (Å²) in [5, 5.41) is 13.0. The highest BCUT2D eigenvalue weighted by molar-refractivity contribution is 5.98. The van der Waals surface area contributed by atoms with Crippen LogP contribution in [0.3, 0.4) is 0 Å². The van der Waals surface area contributed by atoms with E-state index in [1.165, 1.54) is 0 Å². The molecule has 4 nitrogen and oxygen atoms in total. The number of fused-ring (bicyclic) bond motifs is 1. The molecule has 3 aromatic rings. The number of nitrogens with zero attached hydrogens (tertiary/aromatic N) is 1. The third kappa shape index (κ3) is 2.36. The molecule has 1 fully saturated rings. The van der Waals surface area contributed by atoms with Gasteiger partial charge in [-0.2, -0.15) is 5.26 Å². The molecule has 1 amide bonds. The number of aromatic nitrogens is 1. The second-order valence-corrected chi connectivity index (χ2v) is 6.00. The Bertz CT molecular complexity index is 930. The Kier molecular flexibility index (Phi) is 2.95. The molecule has 2 N–H and O–H groups in total. The maximum atomic E-state index is 12.6. The van der Waals surface area contributed by atoms with Crippen LogP contribution in [0.5, 0.6) is 0 Å².